The minimum absolute atomic E-state index is 0.612. The van der Waals surface area contributed by atoms with Gasteiger partial charge in [-0.3, -0.25) is 0 Å². The molecule has 1 heterocycles. The molecule has 0 aromatic heterocycles. The average molecular weight is 172 g/mol. The van der Waals surface area contributed by atoms with Crippen LogP contribution in [-0.2, 0) is 0 Å². The zero-order valence-electron chi connectivity index (χ0n) is 8.49. The van der Waals surface area contributed by atoms with Crippen LogP contribution in [0.3, 0.4) is 0 Å². The first-order chi connectivity index (χ1) is 4.81. The maximum absolute atomic E-state index is 2.42. The predicted octanol–water partition coefficient (Wildman–Crippen LogP) is 3.65. The van der Waals surface area contributed by atoms with Gasteiger partial charge in [-0.1, -0.05) is 34.6 Å². The van der Waals surface area contributed by atoms with Gasteiger partial charge in [0.25, 0.3) is 0 Å². The van der Waals surface area contributed by atoms with Crippen molar-refractivity contribution >= 4 is 8.58 Å². The van der Waals surface area contributed by atoms with Crippen molar-refractivity contribution < 1.29 is 0 Å². The van der Waals surface area contributed by atoms with E-state index >= 15 is 0 Å². The van der Waals surface area contributed by atoms with E-state index in [-0.39, 0.29) is 0 Å². The normalized spacial score (nSPS) is 37.4. The Morgan fingerprint density at radius 3 is 1.64 bits per heavy atom. The van der Waals surface area contributed by atoms with Gasteiger partial charge in [-0.15, -0.1) is 8.58 Å². The third-order valence-electron chi connectivity index (χ3n) is 2.39. The fraction of sp³-hybridized carbons (Fsp3) is 1.00. The number of hydrogen-bond donors (Lipinski definition) is 0. The molecular formula is C10H21P. The summed E-state index contributed by atoms with van der Waals surface area (Å²) in [5.41, 5.74) is 0. The first-order valence-corrected chi connectivity index (χ1v) is 5.60. The molecule has 1 heteroatoms. The summed E-state index contributed by atoms with van der Waals surface area (Å²) in [6, 6.07) is 0. The van der Waals surface area contributed by atoms with Gasteiger partial charge in [-0.2, -0.15) is 0 Å². The van der Waals surface area contributed by atoms with Crippen molar-refractivity contribution in [2.24, 2.45) is 5.92 Å². The molecule has 0 amide bonds. The highest BCUT2D eigenvalue weighted by atomic mass is 31.1. The van der Waals surface area contributed by atoms with Gasteiger partial charge in [0.1, 0.15) is 0 Å². The Morgan fingerprint density at radius 2 is 1.36 bits per heavy atom. The van der Waals surface area contributed by atoms with Crippen LogP contribution < -0.4 is 0 Å². The van der Waals surface area contributed by atoms with E-state index in [1.165, 1.54) is 12.8 Å². The Kier molecular flexibility index (Phi) is 2.36. The van der Waals surface area contributed by atoms with E-state index in [1.807, 2.05) is 0 Å². The second kappa shape index (κ2) is 2.73. The fourth-order valence-electron chi connectivity index (χ4n) is 2.83. The minimum atomic E-state index is 0.612. The molecule has 1 fully saturated rings. The second-order valence-electron chi connectivity index (χ2n) is 5.41. The first kappa shape index (κ1) is 9.52. The molecule has 0 nitrogen and oxygen atoms in total. The Balaban J connectivity index is 2.66. The van der Waals surface area contributed by atoms with Crippen LogP contribution in [0.15, 0.2) is 0 Å². The molecule has 0 unspecified atom stereocenters. The molecule has 0 atom stereocenters. The summed E-state index contributed by atoms with van der Waals surface area (Å²) in [7, 11) is 1.14. The first-order valence-electron chi connectivity index (χ1n) is 4.60. The van der Waals surface area contributed by atoms with Crippen LogP contribution in [0.2, 0.25) is 0 Å². The highest BCUT2D eigenvalue weighted by molar-refractivity contribution is 7.41. The smallest absolute Gasteiger partial charge is 0.0171 e. The van der Waals surface area contributed by atoms with Crippen molar-refractivity contribution in [2.75, 3.05) is 0 Å². The lowest BCUT2D eigenvalue weighted by Gasteiger charge is -2.44. The molecule has 1 aliphatic heterocycles. The van der Waals surface area contributed by atoms with Gasteiger partial charge in [0.2, 0.25) is 0 Å². The van der Waals surface area contributed by atoms with Crippen LogP contribution in [0.4, 0.5) is 0 Å². The quantitative estimate of drug-likeness (QED) is 0.489. The number of hydrogen-bond acceptors (Lipinski definition) is 0. The maximum atomic E-state index is 2.42. The third kappa shape index (κ3) is 2.75. The van der Waals surface area contributed by atoms with E-state index in [0.29, 0.717) is 10.3 Å². The lowest BCUT2D eigenvalue weighted by atomic mass is 9.89. The van der Waals surface area contributed by atoms with Crippen molar-refractivity contribution in [3.8, 4) is 0 Å². The molecule has 1 saturated heterocycles. The Morgan fingerprint density at radius 1 is 1.00 bits per heavy atom. The average Bonchev–Trinajstić information content (AvgIpc) is 1.49. The molecule has 0 aromatic rings. The third-order valence-corrected chi connectivity index (χ3v) is 4.16. The lowest BCUT2D eigenvalue weighted by Crippen LogP contribution is -2.33. The van der Waals surface area contributed by atoms with Gasteiger partial charge < -0.3 is 0 Å². The SMILES string of the molecule is CC1CC(C)(C)PC(C)(C)C1. The minimum Gasteiger partial charge on any atom is -0.110 e. The van der Waals surface area contributed by atoms with Gasteiger partial charge >= 0.3 is 0 Å². The van der Waals surface area contributed by atoms with E-state index in [0.717, 1.165) is 14.5 Å². The monoisotopic (exact) mass is 172 g/mol. The summed E-state index contributed by atoms with van der Waals surface area (Å²) in [5.74, 6) is 0.932. The van der Waals surface area contributed by atoms with Crippen molar-refractivity contribution in [3.63, 3.8) is 0 Å². The molecule has 0 N–H and O–H groups in total. The molecular weight excluding hydrogens is 151 g/mol. The summed E-state index contributed by atoms with van der Waals surface area (Å²) < 4.78 is 0. The zero-order valence-corrected chi connectivity index (χ0v) is 9.49. The van der Waals surface area contributed by atoms with Gasteiger partial charge in [0.15, 0.2) is 0 Å². The van der Waals surface area contributed by atoms with Crippen LogP contribution in [0.1, 0.15) is 47.5 Å². The van der Waals surface area contributed by atoms with E-state index < -0.39 is 0 Å². The zero-order chi connectivity index (χ0) is 8.70. The predicted molar refractivity (Wildman–Crippen MR) is 54.9 cm³/mol. The molecule has 0 spiro atoms. The maximum Gasteiger partial charge on any atom is -0.0171 e. The molecule has 66 valence electrons. The lowest BCUT2D eigenvalue weighted by molar-refractivity contribution is 0.366. The van der Waals surface area contributed by atoms with E-state index in [9.17, 15) is 0 Å². The highest BCUT2D eigenvalue weighted by Crippen LogP contribution is 2.53. The summed E-state index contributed by atoms with van der Waals surface area (Å²) in [5, 5.41) is 1.22. The summed E-state index contributed by atoms with van der Waals surface area (Å²) >= 11 is 0. The van der Waals surface area contributed by atoms with Crippen LogP contribution in [0.25, 0.3) is 0 Å². The topological polar surface area (TPSA) is 0 Å². The molecule has 1 rings (SSSR count). The van der Waals surface area contributed by atoms with Crippen molar-refractivity contribution in [3.05, 3.63) is 0 Å². The largest absolute Gasteiger partial charge is 0.110 e. The van der Waals surface area contributed by atoms with Gasteiger partial charge in [0.05, 0.1) is 0 Å². The summed E-state index contributed by atoms with van der Waals surface area (Å²) in [6.07, 6.45) is 2.85. The van der Waals surface area contributed by atoms with Gasteiger partial charge in [0, 0.05) is 0 Å². The second-order valence-corrected chi connectivity index (χ2v) is 8.36. The van der Waals surface area contributed by atoms with E-state index in [2.05, 4.69) is 34.6 Å². The van der Waals surface area contributed by atoms with Crippen molar-refractivity contribution in [1.29, 1.82) is 0 Å². The van der Waals surface area contributed by atoms with E-state index in [1.54, 1.807) is 0 Å². The Labute approximate surface area is 72.9 Å². The van der Waals surface area contributed by atoms with Crippen molar-refractivity contribution in [1.82, 2.24) is 0 Å². The summed E-state index contributed by atoms with van der Waals surface area (Å²) in [6.45, 7) is 12.1. The van der Waals surface area contributed by atoms with Crippen LogP contribution in [0, 0.1) is 5.92 Å². The van der Waals surface area contributed by atoms with Gasteiger partial charge in [-0.05, 0) is 29.1 Å². The van der Waals surface area contributed by atoms with Crippen molar-refractivity contribution in [2.45, 2.75) is 57.8 Å². The Hall–Kier alpha value is 0.430. The molecule has 11 heavy (non-hydrogen) atoms. The van der Waals surface area contributed by atoms with Gasteiger partial charge in [-0.25, -0.2) is 0 Å². The fourth-order valence-corrected chi connectivity index (χ4v) is 5.57. The highest BCUT2D eigenvalue weighted by Gasteiger charge is 2.36. The molecule has 0 aliphatic carbocycles. The summed E-state index contributed by atoms with van der Waals surface area (Å²) in [4.78, 5) is 0. The Bertz CT molecular complexity index is 131. The van der Waals surface area contributed by atoms with Crippen LogP contribution >= 0.6 is 8.58 Å². The molecule has 0 bridgehead atoms. The molecule has 0 radical (unpaired) electrons. The van der Waals surface area contributed by atoms with Crippen LogP contribution in [-0.4, -0.2) is 10.3 Å². The standard InChI is InChI=1S/C10H21P/c1-8-6-9(2,3)11-10(4,5)7-8/h8,11H,6-7H2,1-5H3. The van der Waals surface area contributed by atoms with E-state index in [4.69, 9.17) is 0 Å². The molecule has 1 aliphatic rings. The number of rotatable bonds is 0. The van der Waals surface area contributed by atoms with Crippen LogP contribution in [0.5, 0.6) is 0 Å². The molecule has 0 aromatic carbocycles. The molecule has 0 saturated carbocycles.